The van der Waals surface area contributed by atoms with Gasteiger partial charge in [0.05, 0.1) is 23.3 Å². The molecule has 2 aliphatic heterocycles. The first-order valence-electron chi connectivity index (χ1n) is 10.5. The Bertz CT molecular complexity index is 1280. The zero-order chi connectivity index (χ0) is 21.7. The maximum atomic E-state index is 13.9. The Morgan fingerprint density at radius 1 is 1.12 bits per heavy atom. The molecule has 0 aliphatic carbocycles. The Balaban J connectivity index is 1.36. The van der Waals surface area contributed by atoms with Crippen LogP contribution in [0.5, 0.6) is 0 Å². The molecule has 4 heterocycles. The summed E-state index contributed by atoms with van der Waals surface area (Å²) in [4.78, 5) is 19.4. The van der Waals surface area contributed by atoms with Gasteiger partial charge in [0, 0.05) is 19.1 Å². The minimum atomic E-state index is -0.303. The molecule has 1 atom stereocenters. The second-order valence-electron chi connectivity index (χ2n) is 8.06. The van der Waals surface area contributed by atoms with Crippen molar-refractivity contribution in [1.82, 2.24) is 29.7 Å². The maximum absolute atomic E-state index is 13.9. The van der Waals surface area contributed by atoms with Crippen LogP contribution >= 0.6 is 0 Å². The van der Waals surface area contributed by atoms with E-state index in [-0.39, 0.29) is 18.1 Å². The second-order valence-corrected chi connectivity index (χ2v) is 8.06. The fourth-order valence-corrected chi connectivity index (χ4v) is 4.14. The number of fused-ring (bicyclic) bond motifs is 2. The fraction of sp³-hybridized carbons (Fsp3) is 0.227. The molecule has 0 spiro atoms. The lowest BCUT2D eigenvalue weighted by molar-refractivity contribution is 0.0987. The van der Waals surface area contributed by atoms with Crippen LogP contribution in [0, 0.1) is 5.82 Å². The molecule has 0 amide bonds. The number of nitrogens with zero attached hydrogens (tertiary/aromatic N) is 5. The number of nitrogens with one attached hydrogen (secondary N) is 3. The lowest BCUT2D eigenvalue weighted by Gasteiger charge is -2.44. The number of anilines is 1. The monoisotopic (exact) mass is 431 g/mol. The van der Waals surface area contributed by atoms with Gasteiger partial charge in [-0.25, -0.2) is 14.4 Å². The van der Waals surface area contributed by atoms with E-state index >= 15 is 0 Å². The van der Waals surface area contributed by atoms with Crippen LogP contribution < -0.4 is 16.4 Å². The first-order valence-corrected chi connectivity index (χ1v) is 10.5. The van der Waals surface area contributed by atoms with Gasteiger partial charge in [-0.05, 0) is 30.3 Å². The van der Waals surface area contributed by atoms with E-state index in [1.54, 1.807) is 12.4 Å². The number of aromatic nitrogens is 4. The van der Waals surface area contributed by atoms with Crippen molar-refractivity contribution >= 4 is 22.7 Å². The van der Waals surface area contributed by atoms with Crippen molar-refractivity contribution in [3.63, 3.8) is 0 Å². The molecular weight excluding hydrogens is 409 g/mol. The van der Waals surface area contributed by atoms with Crippen LogP contribution in [0.2, 0.25) is 0 Å². The highest BCUT2D eigenvalue weighted by molar-refractivity contribution is 6.03. The molecule has 4 aromatic rings. The zero-order valence-electron chi connectivity index (χ0n) is 17.2. The maximum Gasteiger partial charge on any atom is 0.157 e. The van der Waals surface area contributed by atoms with Gasteiger partial charge in [0.25, 0.3) is 0 Å². The Hall–Kier alpha value is -3.76. The highest BCUT2D eigenvalue weighted by atomic mass is 19.1. The number of benzene rings is 2. The summed E-state index contributed by atoms with van der Waals surface area (Å²) in [5.74, 6) is 1.87. The number of aliphatic imine (C=N–C) groups is 1. The van der Waals surface area contributed by atoms with Gasteiger partial charge in [-0.1, -0.05) is 18.2 Å². The van der Waals surface area contributed by atoms with E-state index in [2.05, 4.69) is 30.5 Å². The number of hydrogen-bond donors (Lipinski definition) is 4. The molecule has 2 aliphatic rings. The summed E-state index contributed by atoms with van der Waals surface area (Å²) in [6, 6.07) is 14.5. The van der Waals surface area contributed by atoms with Crippen molar-refractivity contribution in [3.8, 4) is 5.69 Å². The number of amidine groups is 1. The van der Waals surface area contributed by atoms with Crippen molar-refractivity contribution < 1.29 is 4.39 Å². The summed E-state index contributed by atoms with van der Waals surface area (Å²) in [6.07, 6.45) is 1.48. The number of nitrogens with two attached hydrogens (primary N) is 1. The molecule has 162 valence electrons. The van der Waals surface area contributed by atoms with E-state index in [0.717, 1.165) is 35.8 Å². The van der Waals surface area contributed by atoms with Gasteiger partial charge in [0.1, 0.15) is 29.5 Å². The normalized spacial score (nSPS) is 20.1. The van der Waals surface area contributed by atoms with Gasteiger partial charge in [-0.3, -0.25) is 14.5 Å². The number of halogens is 1. The van der Waals surface area contributed by atoms with Gasteiger partial charge in [-0.15, -0.1) is 0 Å². The first kappa shape index (κ1) is 19.0. The van der Waals surface area contributed by atoms with E-state index in [9.17, 15) is 4.39 Å². The Morgan fingerprint density at radius 3 is 2.81 bits per heavy atom. The van der Waals surface area contributed by atoms with Crippen LogP contribution in [-0.2, 0) is 6.54 Å². The molecule has 2 aromatic heterocycles. The van der Waals surface area contributed by atoms with Gasteiger partial charge in [0.2, 0.25) is 0 Å². The first-order chi connectivity index (χ1) is 15.6. The zero-order valence-corrected chi connectivity index (χ0v) is 17.2. The van der Waals surface area contributed by atoms with Crippen LogP contribution in [0.1, 0.15) is 11.5 Å². The number of imidazole rings is 2. The molecular formula is C22H22FN9. The molecule has 10 heteroatoms. The predicted octanol–water partition coefficient (Wildman–Crippen LogP) is 1.78. The Morgan fingerprint density at radius 2 is 2.00 bits per heavy atom. The Labute approximate surface area is 183 Å². The largest absolute Gasteiger partial charge is 0.340 e. The van der Waals surface area contributed by atoms with Crippen LogP contribution in [0.25, 0.3) is 16.7 Å². The summed E-state index contributed by atoms with van der Waals surface area (Å²) in [5, 5.41) is 6.90. The smallest absolute Gasteiger partial charge is 0.157 e. The molecule has 6 rings (SSSR count). The third kappa shape index (κ3) is 3.29. The molecule has 0 saturated carbocycles. The van der Waals surface area contributed by atoms with Crippen LogP contribution in [0.3, 0.4) is 0 Å². The summed E-state index contributed by atoms with van der Waals surface area (Å²) < 4.78 is 15.7. The summed E-state index contributed by atoms with van der Waals surface area (Å²) in [6.45, 7) is 1.91. The van der Waals surface area contributed by atoms with Gasteiger partial charge in [0.15, 0.2) is 12.1 Å². The molecule has 9 nitrogen and oxygen atoms in total. The molecule has 1 unspecified atom stereocenters. The summed E-state index contributed by atoms with van der Waals surface area (Å²) >= 11 is 0. The van der Waals surface area contributed by atoms with Crippen molar-refractivity contribution in [1.29, 1.82) is 0 Å². The van der Waals surface area contributed by atoms with E-state index in [4.69, 9.17) is 10.7 Å². The topological polar surface area (TPSA) is 112 Å². The van der Waals surface area contributed by atoms with Crippen LogP contribution in [0.4, 0.5) is 10.2 Å². The van der Waals surface area contributed by atoms with Crippen molar-refractivity contribution in [2.24, 2.45) is 10.7 Å². The Kier molecular flexibility index (Phi) is 4.40. The molecule has 1 fully saturated rings. The molecule has 2 aromatic carbocycles. The SMILES string of the molecule is NC1CN(C2NC(=NCc3nc4ccccc4[nH]3)c3ncn(-c4cccc(F)c4)c3N2)C1. The van der Waals surface area contributed by atoms with Crippen molar-refractivity contribution in [2.45, 2.75) is 18.9 Å². The minimum Gasteiger partial charge on any atom is -0.340 e. The van der Waals surface area contributed by atoms with Gasteiger partial charge in [-0.2, -0.15) is 0 Å². The molecule has 1 saturated heterocycles. The lowest BCUT2D eigenvalue weighted by Crippen LogP contribution is -2.67. The van der Waals surface area contributed by atoms with Crippen molar-refractivity contribution in [2.75, 3.05) is 18.4 Å². The van der Waals surface area contributed by atoms with E-state index in [0.29, 0.717) is 23.8 Å². The molecule has 32 heavy (non-hydrogen) atoms. The average molecular weight is 431 g/mol. The molecule has 0 radical (unpaired) electrons. The number of hydrogen-bond acceptors (Lipinski definition) is 6. The molecule has 0 bridgehead atoms. The van der Waals surface area contributed by atoms with Gasteiger partial charge >= 0.3 is 0 Å². The minimum absolute atomic E-state index is 0.157. The number of rotatable bonds is 4. The number of likely N-dealkylation sites (tertiary alicyclic amines) is 1. The van der Waals surface area contributed by atoms with E-state index in [1.807, 2.05) is 34.9 Å². The van der Waals surface area contributed by atoms with Gasteiger partial charge < -0.3 is 21.4 Å². The second kappa shape index (κ2) is 7.43. The standard InChI is InChI=1S/C22H22FN9/c23-13-4-3-5-15(8-13)32-12-26-19-20(29-22(30-21(19)32)31-10-14(24)11-31)25-9-18-27-16-6-1-2-7-17(16)28-18/h1-8,12,14,22,30H,9-11,24H2,(H,25,29)(H,27,28). The third-order valence-corrected chi connectivity index (χ3v) is 5.75. The highest BCUT2D eigenvalue weighted by Gasteiger charge is 2.35. The number of aromatic amines is 1. The van der Waals surface area contributed by atoms with E-state index in [1.165, 1.54) is 12.1 Å². The number of H-pyrrole nitrogens is 1. The summed E-state index contributed by atoms with van der Waals surface area (Å²) in [7, 11) is 0. The quantitative estimate of drug-likeness (QED) is 0.392. The predicted molar refractivity (Wildman–Crippen MR) is 120 cm³/mol. The lowest BCUT2D eigenvalue weighted by atomic mass is 10.1. The average Bonchev–Trinajstić information content (AvgIpc) is 3.39. The van der Waals surface area contributed by atoms with Crippen molar-refractivity contribution in [3.05, 3.63) is 72.2 Å². The third-order valence-electron chi connectivity index (χ3n) is 5.75. The van der Waals surface area contributed by atoms with Crippen LogP contribution in [0.15, 0.2) is 59.9 Å². The summed E-state index contributed by atoms with van der Waals surface area (Å²) in [5.41, 5.74) is 9.23. The van der Waals surface area contributed by atoms with E-state index < -0.39 is 0 Å². The molecule has 5 N–H and O–H groups in total. The highest BCUT2D eigenvalue weighted by Crippen LogP contribution is 2.26. The number of para-hydroxylation sites is 2. The van der Waals surface area contributed by atoms with Crippen LogP contribution in [-0.4, -0.2) is 55.7 Å². The fourth-order valence-electron chi connectivity index (χ4n) is 4.14.